The van der Waals surface area contributed by atoms with Gasteiger partial charge in [-0.3, -0.25) is 0 Å². The van der Waals surface area contributed by atoms with Crippen molar-refractivity contribution in [2.75, 3.05) is 6.61 Å². The van der Waals surface area contributed by atoms with E-state index in [9.17, 15) is 10.2 Å². The predicted octanol–water partition coefficient (Wildman–Crippen LogP) is 4.19. The van der Waals surface area contributed by atoms with Crippen molar-refractivity contribution in [3.63, 3.8) is 0 Å². The molecular weight excluding hydrogens is 331 g/mol. The minimum atomic E-state index is -1.21. The maximum atomic E-state index is 15.2. The van der Waals surface area contributed by atoms with Crippen LogP contribution in [0.5, 0.6) is 0 Å². The number of aliphatic hydroxyl groups excluding tert-OH is 2. The van der Waals surface area contributed by atoms with Crippen LogP contribution in [0.15, 0.2) is 42.5 Å². The average Bonchev–Trinajstić information content (AvgIpc) is 2.67. The third-order valence-electron chi connectivity index (χ3n) is 5.21. The molecule has 26 heavy (non-hydrogen) atoms. The molecule has 0 bridgehead atoms. The molecule has 2 aromatic rings. The summed E-state index contributed by atoms with van der Waals surface area (Å²) in [6.07, 6.45) is -0.607. The molecule has 0 radical (unpaired) electrons. The molecule has 3 nitrogen and oxygen atoms in total. The fourth-order valence-corrected chi connectivity index (χ4v) is 3.56. The molecule has 4 heteroatoms. The summed E-state index contributed by atoms with van der Waals surface area (Å²) in [5.41, 5.74) is 4.17. The van der Waals surface area contributed by atoms with Gasteiger partial charge in [0.1, 0.15) is 0 Å². The molecule has 140 valence electrons. The number of alkyl halides is 1. The molecule has 1 aliphatic rings. The van der Waals surface area contributed by atoms with Gasteiger partial charge in [-0.2, -0.15) is 0 Å². The number of rotatable bonds is 5. The van der Waals surface area contributed by atoms with Crippen LogP contribution in [0.3, 0.4) is 0 Å². The summed E-state index contributed by atoms with van der Waals surface area (Å²) in [5.74, 6) is 0. The van der Waals surface area contributed by atoms with Crippen LogP contribution in [0.4, 0.5) is 4.39 Å². The molecule has 0 amide bonds. The Morgan fingerprint density at radius 2 is 1.88 bits per heavy atom. The molecule has 2 aromatic carbocycles. The zero-order chi connectivity index (χ0) is 18.7. The van der Waals surface area contributed by atoms with Gasteiger partial charge in [-0.25, -0.2) is 4.39 Å². The van der Waals surface area contributed by atoms with Gasteiger partial charge in [-0.05, 0) is 47.2 Å². The zero-order valence-electron chi connectivity index (χ0n) is 15.4. The Labute approximate surface area is 154 Å². The fourth-order valence-electron chi connectivity index (χ4n) is 3.56. The molecule has 1 saturated heterocycles. The lowest BCUT2D eigenvalue weighted by Gasteiger charge is -2.33. The van der Waals surface area contributed by atoms with E-state index in [0.717, 1.165) is 17.5 Å². The third kappa shape index (κ3) is 4.14. The van der Waals surface area contributed by atoms with Gasteiger partial charge < -0.3 is 14.9 Å². The van der Waals surface area contributed by atoms with Crippen molar-refractivity contribution in [1.29, 1.82) is 0 Å². The van der Waals surface area contributed by atoms with Crippen LogP contribution >= 0.6 is 0 Å². The minimum absolute atomic E-state index is 0.123. The van der Waals surface area contributed by atoms with E-state index < -0.39 is 12.3 Å². The molecule has 0 spiro atoms. The number of ether oxygens (including phenoxy) is 1. The van der Waals surface area contributed by atoms with E-state index in [-0.39, 0.29) is 18.8 Å². The molecular formula is C22H27FO3. The van der Waals surface area contributed by atoms with Gasteiger partial charge in [-0.15, -0.1) is 0 Å². The summed E-state index contributed by atoms with van der Waals surface area (Å²) in [4.78, 5) is 0. The second-order valence-electron chi connectivity index (χ2n) is 7.13. The Morgan fingerprint density at radius 1 is 1.15 bits per heavy atom. The second-order valence-corrected chi connectivity index (χ2v) is 7.13. The highest BCUT2D eigenvalue weighted by Crippen LogP contribution is 2.35. The highest BCUT2D eigenvalue weighted by atomic mass is 19.1. The Balaban J connectivity index is 1.87. The third-order valence-corrected chi connectivity index (χ3v) is 5.21. The van der Waals surface area contributed by atoms with Gasteiger partial charge in [0.15, 0.2) is 6.17 Å². The lowest BCUT2D eigenvalue weighted by Crippen LogP contribution is -2.33. The van der Waals surface area contributed by atoms with E-state index in [4.69, 9.17) is 4.74 Å². The van der Waals surface area contributed by atoms with E-state index in [1.807, 2.05) is 49.4 Å². The SMILES string of the molecule is CCc1ccc(C(F)c2cc(C3CC(O)CC(CO)O3)ccc2C)cc1. The highest BCUT2D eigenvalue weighted by molar-refractivity contribution is 5.39. The van der Waals surface area contributed by atoms with Gasteiger partial charge in [0.2, 0.25) is 0 Å². The van der Waals surface area contributed by atoms with Crippen LogP contribution in [0, 0.1) is 6.92 Å². The van der Waals surface area contributed by atoms with Crippen LogP contribution in [0.1, 0.15) is 59.9 Å². The van der Waals surface area contributed by atoms with E-state index in [1.54, 1.807) is 0 Å². The molecule has 0 aromatic heterocycles. The number of hydrogen-bond donors (Lipinski definition) is 2. The fraction of sp³-hybridized carbons (Fsp3) is 0.455. The number of benzene rings is 2. The van der Waals surface area contributed by atoms with Crippen molar-refractivity contribution in [3.8, 4) is 0 Å². The average molecular weight is 358 g/mol. The predicted molar refractivity (Wildman–Crippen MR) is 99.9 cm³/mol. The van der Waals surface area contributed by atoms with Crippen molar-refractivity contribution in [2.24, 2.45) is 0 Å². The maximum Gasteiger partial charge on any atom is 0.151 e. The summed E-state index contributed by atoms with van der Waals surface area (Å²) in [5, 5.41) is 19.4. The standard InChI is InChI=1S/C22H27FO3/c1-3-15-5-8-16(9-6-15)22(23)20-10-17(7-4-14(20)2)21-12-18(25)11-19(13-24)26-21/h4-10,18-19,21-22,24-25H,3,11-13H2,1-2H3. The van der Waals surface area contributed by atoms with Gasteiger partial charge in [0.05, 0.1) is 24.9 Å². The van der Waals surface area contributed by atoms with Gasteiger partial charge in [-0.1, -0.05) is 43.3 Å². The van der Waals surface area contributed by atoms with Gasteiger partial charge in [0, 0.05) is 12.8 Å². The molecule has 0 aliphatic carbocycles. The van der Waals surface area contributed by atoms with Crippen molar-refractivity contribution in [1.82, 2.24) is 0 Å². The van der Waals surface area contributed by atoms with Gasteiger partial charge in [0.25, 0.3) is 0 Å². The summed E-state index contributed by atoms with van der Waals surface area (Å²) in [6.45, 7) is 3.86. The first-order valence-electron chi connectivity index (χ1n) is 9.29. The van der Waals surface area contributed by atoms with Crippen LogP contribution in [-0.2, 0) is 11.2 Å². The summed E-state index contributed by atoms with van der Waals surface area (Å²) in [6, 6.07) is 13.3. The number of hydrogen-bond acceptors (Lipinski definition) is 3. The Morgan fingerprint density at radius 3 is 2.54 bits per heavy atom. The molecule has 4 atom stereocenters. The Kier molecular flexibility index (Phi) is 6.07. The first-order valence-corrected chi connectivity index (χ1v) is 9.29. The Bertz CT molecular complexity index is 729. The zero-order valence-corrected chi connectivity index (χ0v) is 15.4. The molecule has 3 rings (SSSR count). The molecule has 1 heterocycles. The molecule has 4 unspecified atom stereocenters. The molecule has 1 fully saturated rings. The second kappa shape index (κ2) is 8.30. The first-order chi connectivity index (χ1) is 12.5. The van der Waals surface area contributed by atoms with Crippen LogP contribution < -0.4 is 0 Å². The molecule has 0 saturated carbocycles. The molecule has 1 aliphatic heterocycles. The normalized spacial score (nSPS) is 24.4. The number of aryl methyl sites for hydroxylation is 2. The largest absolute Gasteiger partial charge is 0.394 e. The van der Waals surface area contributed by atoms with Crippen molar-refractivity contribution in [3.05, 3.63) is 70.3 Å². The summed E-state index contributed by atoms with van der Waals surface area (Å²) < 4.78 is 21.1. The monoisotopic (exact) mass is 358 g/mol. The van der Waals surface area contributed by atoms with Crippen LogP contribution in [-0.4, -0.2) is 29.0 Å². The topological polar surface area (TPSA) is 49.7 Å². The minimum Gasteiger partial charge on any atom is -0.394 e. The summed E-state index contributed by atoms with van der Waals surface area (Å²) >= 11 is 0. The van der Waals surface area contributed by atoms with Crippen LogP contribution in [0.25, 0.3) is 0 Å². The first kappa shape index (κ1) is 19.0. The van der Waals surface area contributed by atoms with Crippen molar-refractivity contribution < 1.29 is 19.3 Å². The van der Waals surface area contributed by atoms with E-state index in [1.165, 1.54) is 5.56 Å². The number of halogens is 1. The van der Waals surface area contributed by atoms with Gasteiger partial charge >= 0.3 is 0 Å². The van der Waals surface area contributed by atoms with Crippen molar-refractivity contribution >= 4 is 0 Å². The quantitative estimate of drug-likeness (QED) is 0.843. The van der Waals surface area contributed by atoms with E-state index in [0.29, 0.717) is 24.0 Å². The lowest BCUT2D eigenvalue weighted by molar-refractivity contribution is -0.113. The molecule has 2 N–H and O–H groups in total. The van der Waals surface area contributed by atoms with E-state index in [2.05, 4.69) is 6.92 Å². The highest BCUT2D eigenvalue weighted by Gasteiger charge is 2.29. The van der Waals surface area contributed by atoms with E-state index >= 15 is 4.39 Å². The lowest BCUT2D eigenvalue weighted by atomic mass is 9.91. The smallest absolute Gasteiger partial charge is 0.151 e. The van der Waals surface area contributed by atoms with Crippen molar-refractivity contribution in [2.45, 2.75) is 57.6 Å². The summed E-state index contributed by atoms with van der Waals surface area (Å²) in [7, 11) is 0. The van der Waals surface area contributed by atoms with Crippen LogP contribution in [0.2, 0.25) is 0 Å². The number of aliphatic hydroxyl groups is 2. The maximum absolute atomic E-state index is 15.2. The Hall–Kier alpha value is -1.75.